The molecule has 0 bridgehead atoms. The Kier molecular flexibility index (Phi) is 6.82. The highest BCUT2D eigenvalue weighted by atomic mass is 16.5. The van der Waals surface area contributed by atoms with Crippen molar-refractivity contribution in [3.63, 3.8) is 0 Å². The summed E-state index contributed by atoms with van der Waals surface area (Å²) in [5, 5.41) is 0. The SMILES string of the molecule is COc1ccc(OC)c([C@H]2CCCN2C(=O)COC(=O)c2ccc(C)c(OC)c2)c1. The van der Waals surface area contributed by atoms with Crippen LogP contribution in [0.4, 0.5) is 0 Å². The lowest BCUT2D eigenvalue weighted by Gasteiger charge is -2.26. The van der Waals surface area contributed by atoms with Gasteiger partial charge in [0.25, 0.3) is 5.91 Å². The van der Waals surface area contributed by atoms with Gasteiger partial charge < -0.3 is 23.8 Å². The van der Waals surface area contributed by atoms with E-state index in [1.54, 1.807) is 44.4 Å². The van der Waals surface area contributed by atoms with Crippen LogP contribution < -0.4 is 14.2 Å². The van der Waals surface area contributed by atoms with E-state index in [9.17, 15) is 9.59 Å². The molecular formula is C23H27NO6. The maximum atomic E-state index is 12.8. The lowest BCUT2D eigenvalue weighted by Crippen LogP contribution is -2.34. The van der Waals surface area contributed by atoms with Crippen LogP contribution in [0, 0.1) is 6.92 Å². The highest BCUT2D eigenvalue weighted by Gasteiger charge is 2.32. The number of ether oxygens (including phenoxy) is 4. The Labute approximate surface area is 176 Å². The molecule has 0 N–H and O–H groups in total. The van der Waals surface area contributed by atoms with Gasteiger partial charge in [-0.1, -0.05) is 6.07 Å². The van der Waals surface area contributed by atoms with E-state index in [0.717, 1.165) is 24.0 Å². The number of carbonyl (C=O) groups is 2. The minimum atomic E-state index is -0.559. The molecule has 2 aromatic rings. The van der Waals surface area contributed by atoms with E-state index in [0.29, 0.717) is 29.4 Å². The molecule has 1 fully saturated rings. The Morgan fingerprint density at radius 3 is 2.47 bits per heavy atom. The van der Waals surface area contributed by atoms with Gasteiger partial charge in [0.2, 0.25) is 0 Å². The minimum absolute atomic E-state index is 0.152. The molecule has 0 unspecified atom stereocenters. The second-order valence-electron chi connectivity index (χ2n) is 7.11. The first-order chi connectivity index (χ1) is 14.5. The van der Waals surface area contributed by atoms with E-state index in [2.05, 4.69) is 0 Å². The van der Waals surface area contributed by atoms with Gasteiger partial charge in [-0.3, -0.25) is 4.79 Å². The normalized spacial score (nSPS) is 15.6. The van der Waals surface area contributed by atoms with E-state index < -0.39 is 5.97 Å². The number of amides is 1. The van der Waals surface area contributed by atoms with Crippen molar-refractivity contribution in [1.29, 1.82) is 0 Å². The quantitative estimate of drug-likeness (QED) is 0.647. The number of aryl methyl sites for hydroxylation is 1. The molecule has 0 spiro atoms. The van der Waals surface area contributed by atoms with Gasteiger partial charge in [0.1, 0.15) is 17.2 Å². The van der Waals surface area contributed by atoms with Crippen molar-refractivity contribution < 1.29 is 28.5 Å². The lowest BCUT2D eigenvalue weighted by atomic mass is 10.0. The summed E-state index contributed by atoms with van der Waals surface area (Å²) in [6, 6.07) is 10.4. The summed E-state index contributed by atoms with van der Waals surface area (Å²) in [6.45, 7) is 2.16. The fourth-order valence-electron chi connectivity index (χ4n) is 3.73. The number of likely N-dealkylation sites (tertiary alicyclic amines) is 1. The number of nitrogens with zero attached hydrogens (tertiary/aromatic N) is 1. The molecule has 0 aliphatic carbocycles. The Hall–Kier alpha value is -3.22. The second-order valence-corrected chi connectivity index (χ2v) is 7.11. The van der Waals surface area contributed by atoms with E-state index in [-0.39, 0.29) is 18.6 Å². The lowest BCUT2D eigenvalue weighted by molar-refractivity contribution is -0.135. The van der Waals surface area contributed by atoms with Gasteiger partial charge in [-0.2, -0.15) is 0 Å². The van der Waals surface area contributed by atoms with Crippen molar-refractivity contribution in [2.75, 3.05) is 34.5 Å². The predicted octanol–water partition coefficient (Wildman–Crippen LogP) is 3.54. The molecule has 1 amide bonds. The van der Waals surface area contributed by atoms with Crippen LogP contribution in [0.15, 0.2) is 36.4 Å². The van der Waals surface area contributed by atoms with Crippen molar-refractivity contribution in [1.82, 2.24) is 4.90 Å². The summed E-state index contributed by atoms with van der Waals surface area (Å²) >= 11 is 0. The molecule has 2 aromatic carbocycles. The van der Waals surface area contributed by atoms with Gasteiger partial charge in [0, 0.05) is 12.1 Å². The molecule has 0 aromatic heterocycles. The second kappa shape index (κ2) is 9.52. The van der Waals surface area contributed by atoms with Crippen LogP contribution in [0.25, 0.3) is 0 Å². The molecule has 160 valence electrons. The van der Waals surface area contributed by atoms with Crippen LogP contribution >= 0.6 is 0 Å². The van der Waals surface area contributed by atoms with Crippen molar-refractivity contribution in [3.8, 4) is 17.2 Å². The van der Waals surface area contributed by atoms with Gasteiger partial charge >= 0.3 is 5.97 Å². The number of benzene rings is 2. The summed E-state index contributed by atoms with van der Waals surface area (Å²) < 4.78 is 21.3. The fraction of sp³-hybridized carbons (Fsp3) is 0.391. The number of rotatable bonds is 7. The molecule has 1 atom stereocenters. The van der Waals surface area contributed by atoms with Gasteiger partial charge in [0.15, 0.2) is 6.61 Å². The fourth-order valence-corrected chi connectivity index (χ4v) is 3.73. The van der Waals surface area contributed by atoms with Crippen molar-refractivity contribution in [3.05, 3.63) is 53.1 Å². The Bertz CT molecular complexity index is 926. The van der Waals surface area contributed by atoms with Crippen molar-refractivity contribution in [2.24, 2.45) is 0 Å². The molecule has 1 saturated heterocycles. The van der Waals surface area contributed by atoms with Crippen LogP contribution in [-0.2, 0) is 9.53 Å². The number of carbonyl (C=O) groups excluding carboxylic acids is 2. The van der Waals surface area contributed by atoms with E-state index in [1.165, 1.54) is 0 Å². The Balaban J connectivity index is 1.70. The third-order valence-corrected chi connectivity index (χ3v) is 5.34. The highest BCUT2D eigenvalue weighted by molar-refractivity contribution is 5.92. The predicted molar refractivity (Wildman–Crippen MR) is 111 cm³/mol. The largest absolute Gasteiger partial charge is 0.497 e. The van der Waals surface area contributed by atoms with Crippen LogP contribution in [0.1, 0.15) is 40.4 Å². The molecule has 0 radical (unpaired) electrons. The summed E-state index contributed by atoms with van der Waals surface area (Å²) in [7, 11) is 4.74. The summed E-state index contributed by atoms with van der Waals surface area (Å²) in [4.78, 5) is 27.0. The van der Waals surface area contributed by atoms with Gasteiger partial charge in [0.05, 0.1) is 32.9 Å². The molecule has 1 aliphatic heterocycles. The standard InChI is InChI=1S/C23H27NO6/c1-15-7-8-16(12-21(15)29-4)23(26)30-14-22(25)24-11-5-6-19(24)18-13-17(27-2)9-10-20(18)28-3/h7-10,12-13,19H,5-6,11,14H2,1-4H3/t19-/m1/s1. The molecule has 7 nitrogen and oxygen atoms in total. The zero-order valence-electron chi connectivity index (χ0n) is 17.8. The van der Waals surface area contributed by atoms with E-state index in [1.807, 2.05) is 25.1 Å². The van der Waals surface area contributed by atoms with E-state index >= 15 is 0 Å². The zero-order chi connectivity index (χ0) is 21.7. The molecule has 7 heteroatoms. The van der Waals surface area contributed by atoms with Gasteiger partial charge in [-0.25, -0.2) is 4.79 Å². The monoisotopic (exact) mass is 413 g/mol. The first-order valence-corrected chi connectivity index (χ1v) is 9.81. The highest BCUT2D eigenvalue weighted by Crippen LogP contribution is 2.39. The first kappa shape index (κ1) is 21.5. The maximum absolute atomic E-state index is 12.8. The molecule has 1 heterocycles. The summed E-state index contributed by atoms with van der Waals surface area (Å²) in [5.74, 6) is 1.20. The minimum Gasteiger partial charge on any atom is -0.497 e. The van der Waals surface area contributed by atoms with Gasteiger partial charge in [-0.15, -0.1) is 0 Å². The maximum Gasteiger partial charge on any atom is 0.338 e. The molecule has 1 aliphatic rings. The Morgan fingerprint density at radius 1 is 1.00 bits per heavy atom. The molecule has 3 rings (SSSR count). The summed E-state index contributed by atoms with van der Waals surface area (Å²) in [5.41, 5.74) is 2.15. The third kappa shape index (κ3) is 4.50. The summed E-state index contributed by atoms with van der Waals surface area (Å²) in [6.07, 6.45) is 1.66. The average Bonchev–Trinajstić information content (AvgIpc) is 3.27. The Morgan fingerprint density at radius 2 is 1.77 bits per heavy atom. The van der Waals surface area contributed by atoms with Crippen molar-refractivity contribution in [2.45, 2.75) is 25.8 Å². The van der Waals surface area contributed by atoms with Crippen LogP contribution in [0.3, 0.4) is 0 Å². The van der Waals surface area contributed by atoms with Crippen LogP contribution in [-0.4, -0.2) is 51.3 Å². The molecule has 30 heavy (non-hydrogen) atoms. The molecule has 0 saturated carbocycles. The van der Waals surface area contributed by atoms with E-state index in [4.69, 9.17) is 18.9 Å². The zero-order valence-corrected chi connectivity index (χ0v) is 17.8. The van der Waals surface area contributed by atoms with Crippen LogP contribution in [0.5, 0.6) is 17.2 Å². The smallest absolute Gasteiger partial charge is 0.338 e. The number of methoxy groups -OCH3 is 3. The molecular weight excluding hydrogens is 386 g/mol. The van der Waals surface area contributed by atoms with Crippen LogP contribution in [0.2, 0.25) is 0 Å². The van der Waals surface area contributed by atoms with Crippen molar-refractivity contribution >= 4 is 11.9 Å². The number of hydrogen-bond donors (Lipinski definition) is 0. The number of hydrogen-bond acceptors (Lipinski definition) is 6. The average molecular weight is 413 g/mol. The number of esters is 1. The van der Waals surface area contributed by atoms with Gasteiger partial charge in [-0.05, 0) is 55.7 Å². The topological polar surface area (TPSA) is 74.3 Å². The third-order valence-electron chi connectivity index (χ3n) is 5.34. The first-order valence-electron chi connectivity index (χ1n) is 9.81.